The third kappa shape index (κ3) is 1.10. The maximum absolute atomic E-state index is 8.51. The molecule has 0 aliphatic rings. The first-order valence-corrected chi connectivity index (χ1v) is 3.73. The van der Waals surface area contributed by atoms with Crippen molar-refractivity contribution in [3.05, 3.63) is 36.2 Å². The quantitative estimate of drug-likeness (QED) is 0.286. The Hall–Kier alpha value is -2.04. The molecule has 2 aromatic heterocycles. The molecule has 0 aliphatic heterocycles. The van der Waals surface area contributed by atoms with Gasteiger partial charge in [-0.1, -0.05) is 11.2 Å². The average Bonchev–Trinajstić information content (AvgIpc) is 2.63. The standard InChI is InChI=1S/C8H8N4O/c9-8(11-13)7-3-1-2-6-4-5-10-12(6)7/h1-5,13H,(H2,9,11). The van der Waals surface area contributed by atoms with Crippen molar-refractivity contribution in [2.75, 3.05) is 0 Å². The molecule has 0 radical (unpaired) electrons. The summed E-state index contributed by atoms with van der Waals surface area (Å²) in [5, 5.41) is 15.5. The van der Waals surface area contributed by atoms with Gasteiger partial charge >= 0.3 is 0 Å². The van der Waals surface area contributed by atoms with Gasteiger partial charge in [0.25, 0.3) is 0 Å². The van der Waals surface area contributed by atoms with Crippen LogP contribution in [0.5, 0.6) is 0 Å². The molecule has 13 heavy (non-hydrogen) atoms. The van der Waals surface area contributed by atoms with Crippen LogP contribution in [0.25, 0.3) is 5.52 Å². The summed E-state index contributed by atoms with van der Waals surface area (Å²) in [5.41, 5.74) is 6.94. The lowest BCUT2D eigenvalue weighted by molar-refractivity contribution is 0.318. The number of hydrogen-bond donors (Lipinski definition) is 2. The van der Waals surface area contributed by atoms with E-state index in [0.717, 1.165) is 5.52 Å². The van der Waals surface area contributed by atoms with Crippen LogP contribution in [0, 0.1) is 0 Å². The summed E-state index contributed by atoms with van der Waals surface area (Å²) in [5.74, 6) is 0.0503. The van der Waals surface area contributed by atoms with Crippen LogP contribution in [0.2, 0.25) is 0 Å². The Morgan fingerprint density at radius 1 is 1.46 bits per heavy atom. The van der Waals surface area contributed by atoms with Crippen LogP contribution in [-0.2, 0) is 0 Å². The minimum absolute atomic E-state index is 0.0503. The zero-order valence-electron chi connectivity index (χ0n) is 6.75. The van der Waals surface area contributed by atoms with E-state index in [0.29, 0.717) is 5.69 Å². The van der Waals surface area contributed by atoms with Crippen LogP contribution in [0.3, 0.4) is 0 Å². The number of pyridine rings is 1. The van der Waals surface area contributed by atoms with Crippen molar-refractivity contribution in [2.24, 2.45) is 10.9 Å². The van der Waals surface area contributed by atoms with Gasteiger partial charge < -0.3 is 10.9 Å². The highest BCUT2D eigenvalue weighted by molar-refractivity contribution is 5.95. The normalized spacial score (nSPS) is 12.2. The monoisotopic (exact) mass is 176 g/mol. The summed E-state index contributed by atoms with van der Waals surface area (Å²) in [6.07, 6.45) is 1.66. The Morgan fingerprint density at radius 2 is 2.31 bits per heavy atom. The van der Waals surface area contributed by atoms with Gasteiger partial charge in [-0.15, -0.1) is 0 Å². The molecular weight excluding hydrogens is 168 g/mol. The van der Waals surface area contributed by atoms with E-state index in [2.05, 4.69) is 10.3 Å². The Balaban J connectivity index is 2.75. The fourth-order valence-corrected chi connectivity index (χ4v) is 1.19. The van der Waals surface area contributed by atoms with Gasteiger partial charge in [-0.25, -0.2) is 4.52 Å². The minimum Gasteiger partial charge on any atom is -0.409 e. The number of amidine groups is 1. The lowest BCUT2D eigenvalue weighted by Crippen LogP contribution is -2.17. The Labute approximate surface area is 74.1 Å². The first-order valence-electron chi connectivity index (χ1n) is 3.73. The van der Waals surface area contributed by atoms with E-state index in [1.54, 1.807) is 16.8 Å². The van der Waals surface area contributed by atoms with E-state index in [4.69, 9.17) is 10.9 Å². The van der Waals surface area contributed by atoms with Crippen LogP contribution in [0.1, 0.15) is 5.69 Å². The summed E-state index contributed by atoms with van der Waals surface area (Å²) in [6, 6.07) is 7.29. The van der Waals surface area contributed by atoms with E-state index in [1.165, 1.54) is 0 Å². The van der Waals surface area contributed by atoms with Crippen LogP contribution in [-0.4, -0.2) is 20.7 Å². The molecule has 0 fully saturated rings. The van der Waals surface area contributed by atoms with Gasteiger partial charge in [0.15, 0.2) is 5.84 Å². The summed E-state index contributed by atoms with van der Waals surface area (Å²) in [6.45, 7) is 0. The highest BCUT2D eigenvalue weighted by Gasteiger charge is 2.04. The molecule has 0 saturated carbocycles. The first-order chi connectivity index (χ1) is 6.33. The molecule has 5 nitrogen and oxygen atoms in total. The number of nitrogens with zero attached hydrogens (tertiary/aromatic N) is 3. The molecule has 5 heteroatoms. The smallest absolute Gasteiger partial charge is 0.188 e. The van der Waals surface area contributed by atoms with E-state index in [9.17, 15) is 0 Å². The number of aromatic nitrogens is 2. The highest BCUT2D eigenvalue weighted by atomic mass is 16.4. The molecule has 66 valence electrons. The maximum atomic E-state index is 8.51. The summed E-state index contributed by atoms with van der Waals surface area (Å²) in [4.78, 5) is 0. The second-order valence-electron chi connectivity index (χ2n) is 2.56. The highest BCUT2D eigenvalue weighted by Crippen LogP contribution is 2.05. The van der Waals surface area contributed by atoms with E-state index < -0.39 is 0 Å². The third-order valence-corrected chi connectivity index (χ3v) is 1.79. The van der Waals surface area contributed by atoms with Gasteiger partial charge in [0.2, 0.25) is 0 Å². The number of hydrogen-bond acceptors (Lipinski definition) is 3. The first kappa shape index (κ1) is 7.60. The molecule has 2 heterocycles. The Morgan fingerprint density at radius 3 is 3.08 bits per heavy atom. The van der Waals surface area contributed by atoms with Crippen molar-refractivity contribution >= 4 is 11.4 Å². The predicted octanol–water partition coefficient (Wildman–Crippen LogP) is 0.429. The zero-order valence-corrected chi connectivity index (χ0v) is 6.75. The van der Waals surface area contributed by atoms with Gasteiger partial charge in [0.05, 0.1) is 11.7 Å². The third-order valence-electron chi connectivity index (χ3n) is 1.79. The summed E-state index contributed by atoms with van der Waals surface area (Å²) < 4.78 is 1.61. The lowest BCUT2D eigenvalue weighted by Gasteiger charge is -2.01. The number of nitrogens with two attached hydrogens (primary N) is 1. The summed E-state index contributed by atoms with van der Waals surface area (Å²) in [7, 11) is 0. The van der Waals surface area contributed by atoms with Gasteiger partial charge in [-0.05, 0) is 18.2 Å². The molecule has 0 spiro atoms. The maximum Gasteiger partial charge on any atom is 0.188 e. The predicted molar refractivity (Wildman–Crippen MR) is 47.7 cm³/mol. The molecule has 0 amide bonds. The lowest BCUT2D eigenvalue weighted by atomic mass is 10.3. The van der Waals surface area contributed by atoms with Crippen molar-refractivity contribution in [3.63, 3.8) is 0 Å². The van der Waals surface area contributed by atoms with Crippen LogP contribution in [0.4, 0.5) is 0 Å². The molecule has 0 saturated heterocycles. The molecule has 2 rings (SSSR count). The Bertz CT molecular complexity index is 460. The molecular formula is C8H8N4O. The molecule has 0 bridgehead atoms. The van der Waals surface area contributed by atoms with Gasteiger partial charge in [-0.3, -0.25) is 0 Å². The molecule has 3 N–H and O–H groups in total. The zero-order chi connectivity index (χ0) is 9.26. The van der Waals surface area contributed by atoms with Crippen LogP contribution < -0.4 is 5.73 Å². The SMILES string of the molecule is N/C(=N/O)c1cccc2ccnn12. The molecule has 0 atom stereocenters. The van der Waals surface area contributed by atoms with Crippen molar-refractivity contribution in [1.82, 2.24) is 9.61 Å². The molecule has 0 aliphatic carbocycles. The number of fused-ring (bicyclic) bond motifs is 1. The van der Waals surface area contributed by atoms with Crippen LogP contribution in [0.15, 0.2) is 35.6 Å². The topological polar surface area (TPSA) is 75.9 Å². The Kier molecular flexibility index (Phi) is 1.63. The number of rotatable bonds is 1. The molecule has 0 aromatic carbocycles. The largest absolute Gasteiger partial charge is 0.409 e. The van der Waals surface area contributed by atoms with E-state index in [1.807, 2.05) is 18.2 Å². The van der Waals surface area contributed by atoms with Crippen molar-refractivity contribution in [3.8, 4) is 0 Å². The van der Waals surface area contributed by atoms with Crippen molar-refractivity contribution in [1.29, 1.82) is 0 Å². The molecule has 0 unspecified atom stereocenters. The fourth-order valence-electron chi connectivity index (χ4n) is 1.19. The van der Waals surface area contributed by atoms with E-state index >= 15 is 0 Å². The summed E-state index contributed by atoms with van der Waals surface area (Å²) >= 11 is 0. The van der Waals surface area contributed by atoms with Gasteiger partial charge in [-0.2, -0.15) is 5.10 Å². The van der Waals surface area contributed by atoms with E-state index in [-0.39, 0.29) is 5.84 Å². The van der Waals surface area contributed by atoms with Crippen molar-refractivity contribution < 1.29 is 5.21 Å². The van der Waals surface area contributed by atoms with Crippen LogP contribution >= 0.6 is 0 Å². The second-order valence-corrected chi connectivity index (χ2v) is 2.56. The average molecular weight is 176 g/mol. The van der Waals surface area contributed by atoms with Gasteiger partial charge in [0, 0.05) is 0 Å². The molecule has 2 aromatic rings. The number of oxime groups is 1. The van der Waals surface area contributed by atoms with Gasteiger partial charge in [0.1, 0.15) is 5.69 Å². The second kappa shape index (κ2) is 2.78. The fraction of sp³-hybridized carbons (Fsp3) is 0. The minimum atomic E-state index is 0.0503. The van der Waals surface area contributed by atoms with Crippen molar-refractivity contribution in [2.45, 2.75) is 0 Å².